The molecule has 0 saturated heterocycles. The highest BCUT2D eigenvalue weighted by molar-refractivity contribution is 4.96. The Morgan fingerprint density at radius 2 is 0.795 bits per heavy atom. The highest BCUT2D eigenvalue weighted by atomic mass is 16.5. The Balaban J connectivity index is 1.41. The normalized spacial score (nSPS) is 51.5. The van der Waals surface area contributed by atoms with Crippen molar-refractivity contribution < 1.29 is 19.7 Å². The number of ether oxygens (including phenoxy) is 2. The largest absolute Gasteiger partial charge is 0.393 e. The number of hydrogen-bond donors (Lipinski definition) is 4. The van der Waals surface area contributed by atoms with Gasteiger partial charge in [-0.2, -0.15) is 0 Å². The molecule has 4 aliphatic rings. The Morgan fingerprint density at radius 1 is 0.513 bits per heavy atom. The topological polar surface area (TPSA) is 111 Å². The molecule has 12 unspecified atom stereocenters. The maximum atomic E-state index is 11.7. The predicted octanol–water partition coefficient (Wildman–Crippen LogP) is 4.98. The van der Waals surface area contributed by atoms with Crippen LogP contribution in [-0.4, -0.2) is 60.9 Å². The van der Waals surface area contributed by atoms with Crippen LogP contribution in [0.4, 0.5) is 0 Å². The first-order chi connectivity index (χ1) is 18.5. The van der Waals surface area contributed by atoms with E-state index in [0.29, 0.717) is 47.6 Å². The second kappa shape index (κ2) is 13.8. The molecule has 4 fully saturated rings. The lowest BCUT2D eigenvalue weighted by Gasteiger charge is -2.46. The fourth-order valence-corrected chi connectivity index (χ4v) is 9.87. The van der Waals surface area contributed by atoms with E-state index in [2.05, 4.69) is 27.7 Å². The molecule has 12 atom stereocenters. The summed E-state index contributed by atoms with van der Waals surface area (Å²) in [5, 5.41) is 23.4. The molecule has 0 aromatic heterocycles. The third-order valence-corrected chi connectivity index (χ3v) is 12.2. The molecule has 6 nitrogen and oxygen atoms in total. The van der Waals surface area contributed by atoms with Gasteiger partial charge in [-0.15, -0.1) is 0 Å². The van der Waals surface area contributed by atoms with Crippen LogP contribution in [0.5, 0.6) is 0 Å². The molecule has 0 radical (unpaired) electrons. The molecule has 0 amide bonds. The van der Waals surface area contributed by atoms with Crippen LogP contribution in [0.25, 0.3) is 0 Å². The van der Waals surface area contributed by atoms with Crippen LogP contribution in [0, 0.1) is 59.2 Å². The average Bonchev–Trinajstić information content (AvgIpc) is 2.89. The average molecular weight is 551 g/mol. The van der Waals surface area contributed by atoms with E-state index in [4.69, 9.17) is 20.9 Å². The van der Waals surface area contributed by atoms with Gasteiger partial charge in [0.05, 0.1) is 24.4 Å². The fourth-order valence-electron chi connectivity index (χ4n) is 9.87. The zero-order valence-corrected chi connectivity index (χ0v) is 25.9. The van der Waals surface area contributed by atoms with E-state index in [0.717, 1.165) is 44.9 Å². The molecular weight excluding hydrogens is 488 g/mol. The lowest BCUT2D eigenvalue weighted by Crippen LogP contribution is -2.47. The number of nitrogens with two attached hydrogens (primary N) is 2. The van der Waals surface area contributed by atoms with Gasteiger partial charge in [-0.25, -0.2) is 0 Å². The monoisotopic (exact) mass is 550 g/mol. The SMILES string of the molecule is COC1CC(CC2CC(C)C(N)C(C)C2)C(O)C(CC2CC(OC)CC(CC3CC(C)C(N)C(C)C3)C2O)C1. The maximum absolute atomic E-state index is 11.7. The highest BCUT2D eigenvalue weighted by Gasteiger charge is 2.45. The molecule has 0 spiro atoms. The Hall–Kier alpha value is -0.240. The van der Waals surface area contributed by atoms with Crippen molar-refractivity contribution in [3.63, 3.8) is 0 Å². The maximum Gasteiger partial charge on any atom is 0.0598 e. The Kier molecular flexibility index (Phi) is 11.2. The Labute approximate surface area is 239 Å². The lowest BCUT2D eigenvalue weighted by atomic mass is 9.63. The van der Waals surface area contributed by atoms with Crippen molar-refractivity contribution in [1.82, 2.24) is 0 Å². The van der Waals surface area contributed by atoms with Crippen molar-refractivity contribution in [2.24, 2.45) is 70.6 Å². The van der Waals surface area contributed by atoms with Crippen molar-refractivity contribution in [3.8, 4) is 0 Å². The second-order valence-corrected chi connectivity index (χ2v) is 15.1. The molecule has 39 heavy (non-hydrogen) atoms. The summed E-state index contributed by atoms with van der Waals surface area (Å²) in [4.78, 5) is 0. The van der Waals surface area contributed by atoms with Gasteiger partial charge in [0.1, 0.15) is 0 Å². The van der Waals surface area contributed by atoms with Gasteiger partial charge in [0, 0.05) is 26.3 Å². The van der Waals surface area contributed by atoms with Crippen LogP contribution in [-0.2, 0) is 9.47 Å². The van der Waals surface area contributed by atoms with Crippen LogP contribution in [0.3, 0.4) is 0 Å². The van der Waals surface area contributed by atoms with Crippen molar-refractivity contribution in [2.75, 3.05) is 14.2 Å². The fraction of sp³-hybridized carbons (Fsp3) is 1.00. The number of hydrogen-bond acceptors (Lipinski definition) is 6. The zero-order valence-electron chi connectivity index (χ0n) is 25.9. The van der Waals surface area contributed by atoms with E-state index < -0.39 is 0 Å². The molecule has 0 aliphatic heterocycles. The molecule has 228 valence electrons. The molecule has 0 bridgehead atoms. The van der Waals surface area contributed by atoms with Crippen LogP contribution >= 0.6 is 0 Å². The number of aliphatic hydroxyl groups excluding tert-OH is 2. The van der Waals surface area contributed by atoms with Crippen LogP contribution in [0.1, 0.15) is 98.3 Å². The summed E-state index contributed by atoms with van der Waals surface area (Å²) in [6, 6.07) is 0.589. The van der Waals surface area contributed by atoms with Gasteiger partial charge in [-0.3, -0.25) is 0 Å². The van der Waals surface area contributed by atoms with Gasteiger partial charge in [0.15, 0.2) is 0 Å². The third kappa shape index (κ3) is 7.59. The van der Waals surface area contributed by atoms with Gasteiger partial charge >= 0.3 is 0 Å². The summed E-state index contributed by atoms with van der Waals surface area (Å²) >= 11 is 0. The molecule has 4 aliphatic carbocycles. The first-order valence-corrected chi connectivity index (χ1v) is 16.4. The predicted molar refractivity (Wildman–Crippen MR) is 158 cm³/mol. The van der Waals surface area contributed by atoms with E-state index in [1.54, 1.807) is 0 Å². The summed E-state index contributed by atoms with van der Waals surface area (Å²) in [6.45, 7) is 9.17. The first-order valence-electron chi connectivity index (χ1n) is 16.4. The molecule has 0 heterocycles. The van der Waals surface area contributed by atoms with Gasteiger partial charge in [0.25, 0.3) is 0 Å². The van der Waals surface area contributed by atoms with Crippen LogP contribution in [0.2, 0.25) is 0 Å². The summed E-state index contributed by atoms with van der Waals surface area (Å²) in [6.07, 6.45) is 11.0. The molecule has 0 aromatic carbocycles. The highest BCUT2D eigenvalue weighted by Crippen LogP contribution is 2.46. The Morgan fingerprint density at radius 3 is 1.08 bits per heavy atom. The van der Waals surface area contributed by atoms with E-state index in [-0.39, 0.29) is 48.1 Å². The lowest BCUT2D eigenvalue weighted by molar-refractivity contribution is -0.0970. The molecule has 6 heteroatoms. The van der Waals surface area contributed by atoms with Gasteiger partial charge in [-0.1, -0.05) is 27.7 Å². The Bertz CT molecular complexity index is 669. The van der Waals surface area contributed by atoms with E-state index in [1.165, 1.54) is 25.7 Å². The van der Waals surface area contributed by atoms with Crippen molar-refractivity contribution in [1.29, 1.82) is 0 Å². The van der Waals surface area contributed by atoms with Crippen molar-refractivity contribution in [3.05, 3.63) is 0 Å². The van der Waals surface area contributed by atoms with E-state index >= 15 is 0 Å². The summed E-state index contributed by atoms with van der Waals surface area (Å²) in [7, 11) is 3.65. The summed E-state index contributed by atoms with van der Waals surface area (Å²) in [5.41, 5.74) is 12.9. The molecular formula is C33H62N2O4. The second-order valence-electron chi connectivity index (χ2n) is 15.1. The summed E-state index contributed by atoms with van der Waals surface area (Å²) < 4.78 is 11.9. The number of methoxy groups -OCH3 is 2. The van der Waals surface area contributed by atoms with Crippen LogP contribution in [0.15, 0.2) is 0 Å². The van der Waals surface area contributed by atoms with Gasteiger partial charge in [0.2, 0.25) is 0 Å². The van der Waals surface area contributed by atoms with E-state index in [9.17, 15) is 10.2 Å². The summed E-state index contributed by atoms with van der Waals surface area (Å²) in [5.74, 6) is 4.27. The third-order valence-electron chi connectivity index (χ3n) is 12.2. The molecule has 4 rings (SSSR count). The first kappa shape index (κ1) is 31.7. The van der Waals surface area contributed by atoms with E-state index in [1.807, 2.05) is 14.2 Å². The van der Waals surface area contributed by atoms with Crippen molar-refractivity contribution in [2.45, 2.75) is 135 Å². The van der Waals surface area contributed by atoms with Gasteiger partial charge < -0.3 is 31.2 Å². The minimum atomic E-state index is -0.326. The molecule has 6 N–H and O–H groups in total. The zero-order chi connectivity index (χ0) is 28.4. The number of aliphatic hydroxyl groups is 2. The minimum Gasteiger partial charge on any atom is -0.393 e. The standard InChI is InChI=1S/C33H62N2O4/c1-18-7-22(8-19(2)30(18)34)11-24-14-28(38-5)16-26(32(24)36)13-27-17-29(39-6)15-25(33(27)37)12-23-9-20(3)31(35)21(4)10-23/h18-33,36-37H,7-17,34-35H2,1-6H3. The van der Waals surface area contributed by atoms with Crippen molar-refractivity contribution >= 4 is 0 Å². The van der Waals surface area contributed by atoms with Gasteiger partial charge in [-0.05, 0) is 130 Å². The minimum absolute atomic E-state index is 0.165. The smallest absolute Gasteiger partial charge is 0.0598 e. The molecule has 4 saturated carbocycles. The quantitative estimate of drug-likeness (QED) is 0.339. The molecule has 0 aromatic rings. The van der Waals surface area contributed by atoms with Crippen LogP contribution < -0.4 is 11.5 Å². The number of rotatable bonds is 8.